The van der Waals surface area contributed by atoms with Gasteiger partial charge < -0.3 is 18.6 Å². The van der Waals surface area contributed by atoms with E-state index < -0.39 is 10.0 Å². The van der Waals surface area contributed by atoms with E-state index in [4.69, 9.17) is 14.5 Å². The fourth-order valence-electron chi connectivity index (χ4n) is 4.42. The van der Waals surface area contributed by atoms with Crippen LogP contribution in [0.4, 0.5) is 0 Å². The van der Waals surface area contributed by atoms with E-state index >= 15 is 0 Å². The van der Waals surface area contributed by atoms with E-state index in [9.17, 15) is 13.2 Å². The lowest BCUT2D eigenvalue weighted by Gasteiger charge is -2.26. The van der Waals surface area contributed by atoms with Crippen LogP contribution in [0, 0.1) is 13.8 Å². The molecular formula is C24H32N4O5S2. The number of aromatic nitrogens is 3. The molecular weight excluding hydrogens is 488 g/mol. The van der Waals surface area contributed by atoms with Crippen molar-refractivity contribution in [3.8, 4) is 0 Å². The Hall–Kier alpha value is -2.18. The van der Waals surface area contributed by atoms with Crippen LogP contribution >= 0.6 is 11.8 Å². The molecule has 3 aromatic rings. The smallest absolute Gasteiger partial charge is 0.243 e. The number of aryl methyl sites for hydroxylation is 2. The molecule has 11 heteroatoms. The molecule has 35 heavy (non-hydrogen) atoms. The van der Waals surface area contributed by atoms with Crippen molar-refractivity contribution in [3.05, 3.63) is 41.2 Å². The van der Waals surface area contributed by atoms with Crippen molar-refractivity contribution >= 4 is 38.6 Å². The Labute approximate surface area is 210 Å². The normalized spacial score (nSPS) is 15.2. The maximum Gasteiger partial charge on any atom is 0.243 e. The number of hydrogen-bond donors (Lipinski definition) is 0. The molecule has 1 aromatic carbocycles. The minimum absolute atomic E-state index is 0.0389. The van der Waals surface area contributed by atoms with Crippen molar-refractivity contribution < 1.29 is 22.7 Å². The molecule has 0 bridgehead atoms. The first kappa shape index (κ1) is 25.9. The summed E-state index contributed by atoms with van der Waals surface area (Å²) in [6.07, 6.45) is 0. The van der Waals surface area contributed by atoms with Gasteiger partial charge in [0.15, 0.2) is 10.9 Å². The van der Waals surface area contributed by atoms with Crippen LogP contribution in [0.15, 0.2) is 34.3 Å². The van der Waals surface area contributed by atoms with Gasteiger partial charge in [0.25, 0.3) is 0 Å². The molecule has 0 aliphatic carbocycles. The molecule has 0 spiro atoms. The molecule has 3 heterocycles. The van der Waals surface area contributed by atoms with Gasteiger partial charge >= 0.3 is 0 Å². The van der Waals surface area contributed by atoms with Gasteiger partial charge in [0, 0.05) is 50.2 Å². The van der Waals surface area contributed by atoms with Gasteiger partial charge in [-0.25, -0.2) is 13.4 Å². The third-order valence-electron chi connectivity index (χ3n) is 6.33. The number of imidazole rings is 1. The zero-order chi connectivity index (χ0) is 25.2. The minimum atomic E-state index is -3.61. The molecule has 0 saturated carbocycles. The Morgan fingerprint density at radius 3 is 2.60 bits per heavy atom. The van der Waals surface area contributed by atoms with Crippen molar-refractivity contribution in [2.45, 2.75) is 43.9 Å². The Bertz CT molecular complexity index is 1320. The molecule has 1 saturated heterocycles. The van der Waals surface area contributed by atoms with Gasteiger partial charge in [-0.2, -0.15) is 4.31 Å². The van der Waals surface area contributed by atoms with Gasteiger partial charge in [-0.3, -0.25) is 4.79 Å². The second-order valence-corrected chi connectivity index (χ2v) is 11.3. The van der Waals surface area contributed by atoms with Crippen LogP contribution in [0.2, 0.25) is 0 Å². The fraction of sp³-hybridized carbons (Fsp3) is 0.500. The summed E-state index contributed by atoms with van der Waals surface area (Å²) in [6.45, 7) is 9.40. The number of sulfonamides is 1. The van der Waals surface area contributed by atoms with E-state index in [0.29, 0.717) is 62.2 Å². The highest BCUT2D eigenvalue weighted by molar-refractivity contribution is 7.99. The number of benzene rings is 1. The number of hydrogen-bond acceptors (Lipinski definition) is 7. The van der Waals surface area contributed by atoms with Crippen LogP contribution < -0.4 is 0 Å². The van der Waals surface area contributed by atoms with Gasteiger partial charge in [0.05, 0.1) is 41.5 Å². The number of carbonyl (C=O) groups excluding carboxylic acids is 1. The summed E-state index contributed by atoms with van der Waals surface area (Å²) in [5.41, 5.74) is 4.13. The number of fused-ring (bicyclic) bond motifs is 1. The highest BCUT2D eigenvalue weighted by Crippen LogP contribution is 2.28. The monoisotopic (exact) mass is 520 g/mol. The number of methoxy groups -OCH3 is 1. The number of thioether (sulfide) groups is 1. The van der Waals surface area contributed by atoms with E-state index in [1.807, 2.05) is 31.4 Å². The lowest BCUT2D eigenvalue weighted by Crippen LogP contribution is -2.40. The van der Waals surface area contributed by atoms with Crippen LogP contribution in [-0.4, -0.2) is 78.4 Å². The molecule has 1 fully saturated rings. The number of morpholine rings is 1. The highest BCUT2D eigenvalue weighted by atomic mass is 32.2. The van der Waals surface area contributed by atoms with Crippen molar-refractivity contribution in [2.75, 3.05) is 45.8 Å². The van der Waals surface area contributed by atoms with E-state index in [0.717, 1.165) is 16.9 Å². The predicted molar refractivity (Wildman–Crippen MR) is 136 cm³/mol. The van der Waals surface area contributed by atoms with E-state index in [1.165, 1.54) is 16.1 Å². The maximum absolute atomic E-state index is 13.1. The number of carbonyl (C=O) groups is 1. The first-order valence-electron chi connectivity index (χ1n) is 11.7. The zero-order valence-corrected chi connectivity index (χ0v) is 22.2. The van der Waals surface area contributed by atoms with Crippen LogP contribution in [0.1, 0.15) is 28.7 Å². The van der Waals surface area contributed by atoms with Crippen molar-refractivity contribution in [1.82, 2.24) is 18.4 Å². The lowest BCUT2D eigenvalue weighted by molar-refractivity contribution is 0.0730. The van der Waals surface area contributed by atoms with Crippen molar-refractivity contribution in [1.29, 1.82) is 0 Å². The fourth-order valence-corrected chi connectivity index (χ4v) is 6.81. The topological polar surface area (TPSA) is 95.7 Å². The molecule has 1 aliphatic heterocycles. The number of ketones is 1. The quantitative estimate of drug-likeness (QED) is 0.299. The molecule has 0 unspecified atom stereocenters. The summed E-state index contributed by atoms with van der Waals surface area (Å²) in [5, 5.41) is 0.699. The Balaban J connectivity index is 1.55. The summed E-state index contributed by atoms with van der Waals surface area (Å²) < 4.78 is 42.2. The predicted octanol–water partition coefficient (Wildman–Crippen LogP) is 3.12. The lowest BCUT2D eigenvalue weighted by atomic mass is 10.2. The molecule has 0 amide bonds. The summed E-state index contributed by atoms with van der Waals surface area (Å²) in [5.74, 6) is 0.286. The largest absolute Gasteiger partial charge is 0.383 e. The van der Waals surface area contributed by atoms with Crippen molar-refractivity contribution in [3.63, 3.8) is 0 Å². The van der Waals surface area contributed by atoms with Crippen LogP contribution in [0.5, 0.6) is 0 Å². The SMILES string of the molecule is CCn1c(SCC(=O)c2cc(C)n(CCOC)c2C)nc2cc(S(=O)(=O)N3CCOCC3)ccc21. The third-order valence-corrected chi connectivity index (χ3v) is 9.21. The standard InChI is InChI=1S/C24H32N4O5S2/c1-5-27-22-7-6-19(35(30,31)26-8-12-33-13-9-26)15-21(22)25-24(27)34-16-23(29)20-14-17(2)28(18(20)3)10-11-32-4/h6-7,14-15H,5,8-13,16H2,1-4H3. The summed E-state index contributed by atoms with van der Waals surface area (Å²) in [6, 6.07) is 6.99. The summed E-state index contributed by atoms with van der Waals surface area (Å²) in [7, 11) is -1.94. The molecule has 4 rings (SSSR count). The van der Waals surface area contributed by atoms with Crippen LogP contribution in [0.25, 0.3) is 11.0 Å². The molecule has 2 aromatic heterocycles. The van der Waals surface area contributed by atoms with E-state index in [-0.39, 0.29) is 16.4 Å². The highest BCUT2D eigenvalue weighted by Gasteiger charge is 2.27. The molecule has 0 atom stereocenters. The van der Waals surface area contributed by atoms with Crippen LogP contribution in [0.3, 0.4) is 0 Å². The van der Waals surface area contributed by atoms with Gasteiger partial charge in [-0.05, 0) is 45.0 Å². The molecule has 190 valence electrons. The van der Waals surface area contributed by atoms with Crippen LogP contribution in [-0.2, 0) is 32.6 Å². The first-order valence-corrected chi connectivity index (χ1v) is 14.1. The number of Topliss-reactive ketones (excluding diaryl/α,β-unsaturated/α-hetero) is 1. The molecule has 0 N–H and O–H groups in total. The van der Waals surface area contributed by atoms with E-state index in [2.05, 4.69) is 4.57 Å². The third kappa shape index (κ3) is 5.19. The average Bonchev–Trinajstić information content (AvgIpc) is 3.36. The van der Waals surface area contributed by atoms with Gasteiger partial charge in [-0.15, -0.1) is 0 Å². The summed E-state index contributed by atoms with van der Waals surface area (Å²) >= 11 is 1.38. The average molecular weight is 521 g/mol. The Morgan fingerprint density at radius 2 is 1.91 bits per heavy atom. The Morgan fingerprint density at radius 1 is 1.17 bits per heavy atom. The van der Waals surface area contributed by atoms with Crippen molar-refractivity contribution in [2.24, 2.45) is 0 Å². The second kappa shape index (κ2) is 10.8. The van der Waals surface area contributed by atoms with E-state index in [1.54, 1.807) is 25.3 Å². The zero-order valence-electron chi connectivity index (χ0n) is 20.6. The Kier molecular flexibility index (Phi) is 8.02. The van der Waals surface area contributed by atoms with Gasteiger partial charge in [0.1, 0.15) is 0 Å². The number of rotatable bonds is 10. The number of ether oxygens (including phenoxy) is 2. The molecule has 1 aliphatic rings. The second-order valence-electron chi connectivity index (χ2n) is 8.45. The van der Waals surface area contributed by atoms with Gasteiger partial charge in [-0.1, -0.05) is 11.8 Å². The number of nitrogens with zero attached hydrogens (tertiary/aromatic N) is 4. The minimum Gasteiger partial charge on any atom is -0.383 e. The summed E-state index contributed by atoms with van der Waals surface area (Å²) in [4.78, 5) is 18.0. The molecule has 0 radical (unpaired) electrons. The maximum atomic E-state index is 13.1. The first-order chi connectivity index (χ1) is 16.8. The van der Waals surface area contributed by atoms with Gasteiger partial charge in [0.2, 0.25) is 10.0 Å². The molecule has 9 nitrogen and oxygen atoms in total.